The molecule has 1 aliphatic heterocycles. The van der Waals surface area contributed by atoms with Crippen molar-refractivity contribution in [3.63, 3.8) is 0 Å². The van der Waals surface area contributed by atoms with Crippen LogP contribution in [0.5, 0.6) is 0 Å². The molecule has 98 valence electrons. The second-order valence-electron chi connectivity index (χ2n) is 4.77. The van der Waals surface area contributed by atoms with Crippen molar-refractivity contribution >= 4 is 5.91 Å². The Morgan fingerprint density at radius 2 is 2.17 bits per heavy atom. The molecule has 2 rings (SSSR count). The average molecular weight is 248 g/mol. The lowest BCUT2D eigenvalue weighted by Gasteiger charge is -2.11. The highest BCUT2D eigenvalue weighted by Crippen LogP contribution is 2.19. The third kappa shape index (κ3) is 3.09. The van der Waals surface area contributed by atoms with Gasteiger partial charge in [-0.15, -0.1) is 0 Å². The second-order valence-corrected chi connectivity index (χ2v) is 4.77. The largest absolute Gasteiger partial charge is 0.378 e. The van der Waals surface area contributed by atoms with Crippen LogP contribution < -0.4 is 11.1 Å². The van der Waals surface area contributed by atoms with E-state index in [4.69, 9.17) is 10.5 Å². The van der Waals surface area contributed by atoms with E-state index >= 15 is 0 Å². The van der Waals surface area contributed by atoms with Gasteiger partial charge in [0.15, 0.2) is 0 Å². The minimum absolute atomic E-state index is 0.00922. The molecule has 0 aliphatic carbocycles. The maximum atomic E-state index is 11.9. The van der Waals surface area contributed by atoms with Crippen molar-refractivity contribution in [2.75, 3.05) is 6.61 Å². The molecule has 0 saturated carbocycles. The summed E-state index contributed by atoms with van der Waals surface area (Å²) in [6, 6.07) is 7.90. The monoisotopic (exact) mass is 248 g/mol. The molecular weight excluding hydrogens is 228 g/mol. The molecule has 1 aromatic carbocycles. The summed E-state index contributed by atoms with van der Waals surface area (Å²) in [6.07, 6.45) is 1.00. The van der Waals surface area contributed by atoms with Crippen LogP contribution in [0.1, 0.15) is 24.5 Å². The van der Waals surface area contributed by atoms with Crippen LogP contribution in [0.15, 0.2) is 24.3 Å². The van der Waals surface area contributed by atoms with Crippen LogP contribution in [0.4, 0.5) is 0 Å². The lowest BCUT2D eigenvalue weighted by atomic mass is 10.0. The van der Waals surface area contributed by atoms with E-state index in [9.17, 15) is 4.79 Å². The molecule has 4 nitrogen and oxygen atoms in total. The quantitative estimate of drug-likeness (QED) is 0.841. The molecule has 1 aliphatic rings. The van der Waals surface area contributed by atoms with E-state index in [1.165, 1.54) is 0 Å². The van der Waals surface area contributed by atoms with Crippen LogP contribution in [-0.4, -0.2) is 18.6 Å². The standard InChI is InChI=1S/C14H20N2O2/c1-10-6-13(9-18-10)14(17)16-8-12-5-3-2-4-11(12)7-15/h2-5,10,13H,6-9,15H2,1H3,(H,16,17). The van der Waals surface area contributed by atoms with Gasteiger partial charge < -0.3 is 15.8 Å². The third-order valence-electron chi connectivity index (χ3n) is 3.36. The highest BCUT2D eigenvalue weighted by molar-refractivity contribution is 5.79. The fourth-order valence-electron chi connectivity index (χ4n) is 2.26. The molecule has 0 radical (unpaired) electrons. The Hall–Kier alpha value is -1.39. The van der Waals surface area contributed by atoms with Gasteiger partial charge in [0.2, 0.25) is 5.91 Å². The van der Waals surface area contributed by atoms with E-state index in [0.717, 1.165) is 17.5 Å². The molecule has 2 atom stereocenters. The summed E-state index contributed by atoms with van der Waals surface area (Å²) >= 11 is 0. The van der Waals surface area contributed by atoms with E-state index in [2.05, 4.69) is 5.32 Å². The topological polar surface area (TPSA) is 64.4 Å². The van der Waals surface area contributed by atoms with Gasteiger partial charge in [0.05, 0.1) is 18.6 Å². The van der Waals surface area contributed by atoms with Gasteiger partial charge in [0.25, 0.3) is 0 Å². The van der Waals surface area contributed by atoms with Crippen LogP contribution in [-0.2, 0) is 22.6 Å². The molecule has 1 amide bonds. The van der Waals surface area contributed by atoms with Gasteiger partial charge in [-0.25, -0.2) is 0 Å². The molecule has 1 fully saturated rings. The minimum atomic E-state index is -0.00922. The lowest BCUT2D eigenvalue weighted by Crippen LogP contribution is -2.31. The van der Waals surface area contributed by atoms with E-state index in [1.807, 2.05) is 31.2 Å². The number of rotatable bonds is 4. The van der Waals surface area contributed by atoms with Crippen molar-refractivity contribution in [3.8, 4) is 0 Å². The molecule has 0 bridgehead atoms. The van der Waals surface area contributed by atoms with Crippen molar-refractivity contribution < 1.29 is 9.53 Å². The molecule has 0 aromatic heterocycles. The fourth-order valence-corrected chi connectivity index (χ4v) is 2.26. The smallest absolute Gasteiger partial charge is 0.225 e. The Morgan fingerprint density at radius 1 is 1.44 bits per heavy atom. The predicted molar refractivity (Wildman–Crippen MR) is 69.7 cm³/mol. The van der Waals surface area contributed by atoms with Crippen molar-refractivity contribution in [2.24, 2.45) is 11.7 Å². The maximum absolute atomic E-state index is 11.9. The first-order chi connectivity index (χ1) is 8.70. The zero-order chi connectivity index (χ0) is 13.0. The van der Waals surface area contributed by atoms with Crippen LogP contribution in [0.25, 0.3) is 0 Å². The SMILES string of the molecule is CC1CC(C(=O)NCc2ccccc2CN)CO1. The van der Waals surface area contributed by atoms with Crippen molar-refractivity contribution in [1.29, 1.82) is 0 Å². The Morgan fingerprint density at radius 3 is 2.78 bits per heavy atom. The van der Waals surface area contributed by atoms with E-state index < -0.39 is 0 Å². The van der Waals surface area contributed by atoms with Gasteiger partial charge in [-0.1, -0.05) is 24.3 Å². The molecule has 1 aromatic rings. The molecular formula is C14H20N2O2. The second kappa shape index (κ2) is 5.98. The first-order valence-electron chi connectivity index (χ1n) is 6.37. The number of carbonyl (C=O) groups excluding carboxylic acids is 1. The van der Waals surface area contributed by atoms with Crippen molar-refractivity contribution in [2.45, 2.75) is 32.5 Å². The number of hydrogen-bond acceptors (Lipinski definition) is 3. The van der Waals surface area contributed by atoms with Crippen LogP contribution in [0.3, 0.4) is 0 Å². The van der Waals surface area contributed by atoms with Crippen LogP contribution in [0, 0.1) is 5.92 Å². The maximum Gasteiger partial charge on any atom is 0.225 e. The Kier molecular flexibility index (Phi) is 4.33. The predicted octanol–water partition coefficient (Wildman–Crippen LogP) is 1.19. The number of carbonyl (C=O) groups is 1. The highest BCUT2D eigenvalue weighted by Gasteiger charge is 2.27. The van der Waals surface area contributed by atoms with Gasteiger partial charge in [-0.3, -0.25) is 4.79 Å². The van der Waals surface area contributed by atoms with E-state index in [-0.39, 0.29) is 17.9 Å². The molecule has 2 unspecified atom stereocenters. The van der Waals surface area contributed by atoms with Gasteiger partial charge >= 0.3 is 0 Å². The molecule has 1 saturated heterocycles. The summed E-state index contributed by atoms with van der Waals surface area (Å²) in [4.78, 5) is 11.9. The Labute approximate surface area is 108 Å². The zero-order valence-corrected chi connectivity index (χ0v) is 10.7. The highest BCUT2D eigenvalue weighted by atomic mass is 16.5. The summed E-state index contributed by atoms with van der Waals surface area (Å²) in [5, 5.41) is 2.96. The zero-order valence-electron chi connectivity index (χ0n) is 10.7. The third-order valence-corrected chi connectivity index (χ3v) is 3.36. The first-order valence-corrected chi connectivity index (χ1v) is 6.37. The van der Waals surface area contributed by atoms with Crippen LogP contribution >= 0.6 is 0 Å². The first kappa shape index (κ1) is 13.1. The normalized spacial score (nSPS) is 23.0. The number of nitrogens with one attached hydrogen (secondary N) is 1. The van der Waals surface area contributed by atoms with Crippen molar-refractivity contribution in [3.05, 3.63) is 35.4 Å². The summed E-state index contributed by atoms with van der Waals surface area (Å²) in [5.74, 6) is 0.0659. The Balaban J connectivity index is 1.89. The molecule has 1 heterocycles. The molecule has 0 spiro atoms. The van der Waals surface area contributed by atoms with Gasteiger partial charge in [-0.05, 0) is 24.5 Å². The van der Waals surface area contributed by atoms with Crippen LogP contribution in [0.2, 0.25) is 0 Å². The number of amides is 1. The molecule has 3 N–H and O–H groups in total. The van der Waals surface area contributed by atoms with E-state index in [0.29, 0.717) is 19.7 Å². The summed E-state index contributed by atoms with van der Waals surface area (Å²) in [6.45, 7) is 3.56. The average Bonchev–Trinajstić information content (AvgIpc) is 2.83. The number of hydrogen-bond donors (Lipinski definition) is 2. The number of ether oxygens (including phenoxy) is 1. The summed E-state index contributed by atoms with van der Waals surface area (Å²) in [7, 11) is 0. The summed E-state index contributed by atoms with van der Waals surface area (Å²) < 4.78 is 5.40. The lowest BCUT2D eigenvalue weighted by molar-refractivity contribution is -0.125. The Bertz CT molecular complexity index is 420. The van der Waals surface area contributed by atoms with Gasteiger partial charge in [0, 0.05) is 13.1 Å². The number of benzene rings is 1. The molecule has 18 heavy (non-hydrogen) atoms. The number of nitrogens with two attached hydrogens (primary N) is 1. The summed E-state index contributed by atoms with van der Waals surface area (Å²) in [5.41, 5.74) is 7.83. The van der Waals surface area contributed by atoms with Gasteiger partial charge in [-0.2, -0.15) is 0 Å². The van der Waals surface area contributed by atoms with Gasteiger partial charge in [0.1, 0.15) is 0 Å². The fraction of sp³-hybridized carbons (Fsp3) is 0.500. The van der Waals surface area contributed by atoms with Crippen molar-refractivity contribution in [1.82, 2.24) is 5.32 Å². The van der Waals surface area contributed by atoms with E-state index in [1.54, 1.807) is 0 Å². The minimum Gasteiger partial charge on any atom is -0.378 e. The molecule has 4 heteroatoms.